The number of carbonyl (C=O) groups excluding carboxylic acids is 1. The minimum absolute atomic E-state index is 0.0324. The minimum atomic E-state index is -0.640. The molecule has 148 valence electrons. The van der Waals surface area contributed by atoms with Gasteiger partial charge >= 0.3 is 0 Å². The average molecular weight is 476 g/mol. The first-order chi connectivity index (χ1) is 13.8. The number of aryl methyl sites for hydroxylation is 1. The van der Waals surface area contributed by atoms with Gasteiger partial charge in [-0.1, -0.05) is 33.6 Å². The Balaban J connectivity index is 1.79. The van der Waals surface area contributed by atoms with Gasteiger partial charge in [-0.2, -0.15) is 5.10 Å². The zero-order chi connectivity index (χ0) is 21.1. The predicted molar refractivity (Wildman–Crippen MR) is 116 cm³/mol. The van der Waals surface area contributed by atoms with E-state index in [1.165, 1.54) is 12.1 Å². The molecule has 3 rings (SSSR count). The number of benzene rings is 2. The number of nitro groups is 1. The van der Waals surface area contributed by atoms with E-state index in [0.29, 0.717) is 0 Å². The Morgan fingerprint density at radius 2 is 2.00 bits per heavy atom. The summed E-state index contributed by atoms with van der Waals surface area (Å²) in [5.74, 6) is -0.568. The number of rotatable bonds is 5. The number of nitrogens with one attached hydrogen (secondary N) is 1. The zero-order valence-electron chi connectivity index (χ0n) is 15.5. The van der Waals surface area contributed by atoms with E-state index < -0.39 is 10.8 Å². The van der Waals surface area contributed by atoms with Crippen LogP contribution in [0.5, 0.6) is 0 Å². The number of hydrogen-bond acceptors (Lipinski definition) is 4. The van der Waals surface area contributed by atoms with Crippen molar-refractivity contribution >= 4 is 45.3 Å². The van der Waals surface area contributed by atoms with Crippen LogP contribution in [-0.4, -0.2) is 21.6 Å². The lowest BCUT2D eigenvalue weighted by atomic mass is 10.2. The van der Waals surface area contributed by atoms with Crippen LogP contribution in [0.2, 0.25) is 5.02 Å². The van der Waals surface area contributed by atoms with E-state index >= 15 is 0 Å². The molecule has 0 bridgehead atoms. The Kier molecular flexibility index (Phi) is 6.14. The molecule has 0 atom stereocenters. The van der Waals surface area contributed by atoms with E-state index in [1.54, 1.807) is 6.21 Å². The maximum Gasteiger partial charge on any atom is 0.288 e. The lowest BCUT2D eigenvalue weighted by Gasteiger charge is -2.09. The highest BCUT2D eigenvalue weighted by atomic mass is 79.9. The van der Waals surface area contributed by atoms with Gasteiger partial charge in [-0.3, -0.25) is 14.9 Å². The third-order valence-electron chi connectivity index (χ3n) is 4.31. The molecular formula is C20H16BrClN4O3. The van der Waals surface area contributed by atoms with Crippen molar-refractivity contribution in [3.8, 4) is 5.69 Å². The molecule has 0 fully saturated rings. The van der Waals surface area contributed by atoms with E-state index in [1.807, 2.05) is 44.2 Å². The minimum Gasteiger partial charge on any atom is -0.318 e. The fourth-order valence-electron chi connectivity index (χ4n) is 2.95. The molecule has 0 aliphatic carbocycles. The molecule has 0 aliphatic heterocycles. The second-order valence-electron chi connectivity index (χ2n) is 6.26. The highest BCUT2D eigenvalue weighted by Crippen LogP contribution is 2.25. The summed E-state index contributed by atoms with van der Waals surface area (Å²) in [6, 6.07) is 13.7. The third-order valence-corrected chi connectivity index (χ3v) is 5.12. The van der Waals surface area contributed by atoms with Crippen molar-refractivity contribution in [1.82, 2.24) is 9.99 Å². The van der Waals surface area contributed by atoms with Gasteiger partial charge in [-0.05, 0) is 50.2 Å². The molecule has 0 unspecified atom stereocenters. The number of aromatic nitrogens is 1. The summed E-state index contributed by atoms with van der Waals surface area (Å²) in [6.07, 6.45) is 1.54. The molecule has 3 aromatic rings. The molecule has 1 heterocycles. The van der Waals surface area contributed by atoms with Crippen molar-refractivity contribution in [3.63, 3.8) is 0 Å². The first kappa shape index (κ1) is 20.8. The molecule has 9 heteroatoms. The molecule has 2 aromatic carbocycles. The highest BCUT2D eigenvalue weighted by Gasteiger charge is 2.16. The monoisotopic (exact) mass is 474 g/mol. The molecule has 1 aromatic heterocycles. The zero-order valence-corrected chi connectivity index (χ0v) is 17.9. The van der Waals surface area contributed by atoms with Gasteiger partial charge in [-0.25, -0.2) is 5.43 Å². The smallest absolute Gasteiger partial charge is 0.288 e. The van der Waals surface area contributed by atoms with Gasteiger partial charge in [0, 0.05) is 38.7 Å². The standard InChI is InChI=1S/C20H16BrClN4O3/c1-12-8-15(13(2)25(12)17-5-3-4-16(21)10-17)11-23-24-20(27)14-6-7-18(22)19(9-14)26(28)29/h3-11H,1-2H3,(H,24,27)/b23-11-. The Hall–Kier alpha value is -2.97. The SMILES string of the molecule is Cc1cc(/C=N\NC(=O)c2ccc(Cl)c([N+](=O)[O-])c2)c(C)n1-c1cccc(Br)c1. The van der Waals surface area contributed by atoms with Gasteiger partial charge < -0.3 is 4.57 Å². The van der Waals surface area contributed by atoms with Crippen LogP contribution in [0.25, 0.3) is 5.69 Å². The van der Waals surface area contributed by atoms with Gasteiger partial charge in [0.2, 0.25) is 0 Å². The van der Waals surface area contributed by atoms with Crippen LogP contribution >= 0.6 is 27.5 Å². The van der Waals surface area contributed by atoms with Gasteiger partial charge in [-0.15, -0.1) is 0 Å². The van der Waals surface area contributed by atoms with E-state index in [2.05, 4.69) is 31.0 Å². The molecule has 0 aliphatic rings. The summed E-state index contributed by atoms with van der Waals surface area (Å²) >= 11 is 9.24. The normalized spacial score (nSPS) is 11.0. The Labute approximate surface area is 180 Å². The molecule has 1 N–H and O–H groups in total. The van der Waals surface area contributed by atoms with E-state index in [9.17, 15) is 14.9 Å². The molecule has 0 spiro atoms. The Morgan fingerprint density at radius 3 is 2.69 bits per heavy atom. The summed E-state index contributed by atoms with van der Waals surface area (Å²) in [6.45, 7) is 3.94. The molecular weight excluding hydrogens is 460 g/mol. The van der Waals surface area contributed by atoms with Crippen molar-refractivity contribution in [1.29, 1.82) is 0 Å². The second-order valence-corrected chi connectivity index (χ2v) is 7.59. The number of carbonyl (C=O) groups is 1. The number of amides is 1. The maximum atomic E-state index is 12.2. The molecule has 29 heavy (non-hydrogen) atoms. The topological polar surface area (TPSA) is 89.5 Å². The molecule has 0 saturated heterocycles. The Bertz CT molecular complexity index is 1140. The molecule has 0 radical (unpaired) electrons. The largest absolute Gasteiger partial charge is 0.318 e. The summed E-state index contributed by atoms with van der Waals surface area (Å²) in [4.78, 5) is 22.6. The highest BCUT2D eigenvalue weighted by molar-refractivity contribution is 9.10. The number of nitrogens with zero attached hydrogens (tertiary/aromatic N) is 3. The molecule has 1 amide bonds. The number of hydrazone groups is 1. The van der Waals surface area contributed by atoms with Crippen molar-refractivity contribution in [2.45, 2.75) is 13.8 Å². The van der Waals surface area contributed by atoms with Crippen LogP contribution in [0, 0.1) is 24.0 Å². The van der Waals surface area contributed by atoms with Crippen molar-refractivity contribution < 1.29 is 9.72 Å². The quantitative estimate of drug-likeness (QED) is 0.313. The maximum absolute atomic E-state index is 12.2. The van der Waals surface area contributed by atoms with Crippen LogP contribution in [0.1, 0.15) is 27.3 Å². The summed E-state index contributed by atoms with van der Waals surface area (Å²) in [5, 5.41) is 14.9. The number of hydrogen-bond donors (Lipinski definition) is 1. The Morgan fingerprint density at radius 1 is 1.24 bits per heavy atom. The van der Waals surface area contributed by atoms with Crippen molar-refractivity contribution in [2.75, 3.05) is 0 Å². The van der Waals surface area contributed by atoms with Crippen LogP contribution in [0.3, 0.4) is 0 Å². The first-order valence-electron chi connectivity index (χ1n) is 8.50. The van der Waals surface area contributed by atoms with E-state index in [-0.39, 0.29) is 16.3 Å². The predicted octanol–water partition coefficient (Wildman–Crippen LogP) is 5.18. The van der Waals surface area contributed by atoms with Gasteiger partial charge in [0.1, 0.15) is 5.02 Å². The second kappa shape index (κ2) is 8.59. The number of halogens is 2. The molecule has 0 saturated carbocycles. The molecule has 7 nitrogen and oxygen atoms in total. The van der Waals surface area contributed by atoms with Crippen LogP contribution in [0.15, 0.2) is 58.1 Å². The van der Waals surface area contributed by atoms with Crippen LogP contribution < -0.4 is 5.43 Å². The van der Waals surface area contributed by atoms with Crippen molar-refractivity contribution in [3.05, 3.63) is 90.7 Å². The van der Waals surface area contributed by atoms with Crippen molar-refractivity contribution in [2.24, 2.45) is 5.10 Å². The van der Waals surface area contributed by atoms with Crippen LogP contribution in [0.4, 0.5) is 5.69 Å². The number of nitro benzene ring substituents is 1. The lowest BCUT2D eigenvalue weighted by molar-refractivity contribution is -0.384. The van der Waals surface area contributed by atoms with Gasteiger partial charge in [0.05, 0.1) is 11.1 Å². The van der Waals surface area contributed by atoms with E-state index in [0.717, 1.165) is 33.2 Å². The average Bonchev–Trinajstić information content (AvgIpc) is 2.95. The van der Waals surface area contributed by atoms with Crippen LogP contribution in [-0.2, 0) is 0 Å². The fraction of sp³-hybridized carbons (Fsp3) is 0.100. The summed E-state index contributed by atoms with van der Waals surface area (Å²) in [7, 11) is 0. The van der Waals surface area contributed by atoms with Gasteiger partial charge in [0.15, 0.2) is 0 Å². The summed E-state index contributed by atoms with van der Waals surface area (Å²) in [5.41, 5.74) is 5.97. The third kappa shape index (κ3) is 4.55. The fourth-order valence-corrected chi connectivity index (χ4v) is 3.52. The lowest BCUT2D eigenvalue weighted by Crippen LogP contribution is -2.17. The van der Waals surface area contributed by atoms with Gasteiger partial charge in [0.25, 0.3) is 11.6 Å². The first-order valence-corrected chi connectivity index (χ1v) is 9.67. The summed E-state index contributed by atoms with van der Waals surface area (Å²) < 4.78 is 3.05. The van der Waals surface area contributed by atoms with E-state index in [4.69, 9.17) is 11.6 Å².